The Balaban J connectivity index is 2.87. The Kier molecular flexibility index (Phi) is 4.39. The van der Waals surface area contributed by atoms with E-state index in [4.69, 9.17) is 14.7 Å². The number of benzene rings is 1. The molecule has 0 aliphatic rings. The van der Waals surface area contributed by atoms with Gasteiger partial charge in [0.1, 0.15) is 17.6 Å². The van der Waals surface area contributed by atoms with Crippen LogP contribution >= 0.6 is 0 Å². The summed E-state index contributed by atoms with van der Waals surface area (Å²) < 4.78 is 11.1. The van der Waals surface area contributed by atoms with Crippen LogP contribution in [-0.4, -0.2) is 13.2 Å². The largest absolute Gasteiger partial charge is 0.494 e. The first kappa shape index (κ1) is 13.4. The summed E-state index contributed by atoms with van der Waals surface area (Å²) in [7, 11) is 0. The van der Waals surface area contributed by atoms with Gasteiger partial charge in [-0.25, -0.2) is 0 Å². The van der Waals surface area contributed by atoms with Crippen molar-refractivity contribution in [3.63, 3.8) is 0 Å². The SMILES string of the molecule is CCOc1ccc(C#N)c(OCC(C)(C)C)c1. The number of hydrogen-bond donors (Lipinski definition) is 0. The zero-order valence-electron chi connectivity index (χ0n) is 10.9. The minimum absolute atomic E-state index is 0.0638. The van der Waals surface area contributed by atoms with Gasteiger partial charge < -0.3 is 9.47 Å². The minimum atomic E-state index is 0.0638. The molecule has 0 atom stereocenters. The molecule has 17 heavy (non-hydrogen) atoms. The molecule has 1 rings (SSSR count). The summed E-state index contributed by atoms with van der Waals surface area (Å²) in [6.07, 6.45) is 0. The molecular formula is C14H19NO2. The van der Waals surface area contributed by atoms with Gasteiger partial charge in [0.15, 0.2) is 0 Å². The molecule has 0 bridgehead atoms. The Morgan fingerprint density at radius 1 is 1.24 bits per heavy atom. The normalized spacial score (nSPS) is 10.8. The number of hydrogen-bond acceptors (Lipinski definition) is 3. The van der Waals surface area contributed by atoms with Crippen molar-refractivity contribution < 1.29 is 9.47 Å². The lowest BCUT2D eigenvalue weighted by molar-refractivity contribution is 0.196. The molecule has 0 radical (unpaired) electrons. The second-order valence-corrected chi connectivity index (χ2v) is 5.05. The van der Waals surface area contributed by atoms with Crippen LogP contribution in [0.1, 0.15) is 33.3 Å². The van der Waals surface area contributed by atoms with Crippen LogP contribution in [0, 0.1) is 16.7 Å². The molecule has 0 aliphatic heterocycles. The van der Waals surface area contributed by atoms with Crippen LogP contribution in [-0.2, 0) is 0 Å². The number of ether oxygens (including phenoxy) is 2. The van der Waals surface area contributed by atoms with E-state index in [1.807, 2.05) is 6.92 Å². The topological polar surface area (TPSA) is 42.2 Å². The van der Waals surface area contributed by atoms with E-state index in [0.29, 0.717) is 24.5 Å². The molecular weight excluding hydrogens is 214 g/mol. The highest BCUT2D eigenvalue weighted by Gasteiger charge is 2.13. The fourth-order valence-corrected chi connectivity index (χ4v) is 1.27. The summed E-state index contributed by atoms with van der Waals surface area (Å²) in [6, 6.07) is 7.40. The molecule has 0 saturated carbocycles. The molecule has 1 aromatic rings. The van der Waals surface area contributed by atoms with Gasteiger partial charge in [-0.15, -0.1) is 0 Å². The Hall–Kier alpha value is -1.69. The maximum absolute atomic E-state index is 9.00. The fourth-order valence-electron chi connectivity index (χ4n) is 1.27. The van der Waals surface area contributed by atoms with Gasteiger partial charge in [0.2, 0.25) is 0 Å². The molecule has 0 amide bonds. The lowest BCUT2D eigenvalue weighted by Gasteiger charge is -2.19. The van der Waals surface area contributed by atoms with Gasteiger partial charge in [-0.05, 0) is 24.5 Å². The van der Waals surface area contributed by atoms with Gasteiger partial charge in [-0.1, -0.05) is 20.8 Å². The van der Waals surface area contributed by atoms with Gasteiger partial charge in [0.25, 0.3) is 0 Å². The van der Waals surface area contributed by atoms with Crippen molar-refractivity contribution in [2.75, 3.05) is 13.2 Å². The molecule has 0 saturated heterocycles. The van der Waals surface area contributed by atoms with Crippen molar-refractivity contribution in [2.24, 2.45) is 5.41 Å². The van der Waals surface area contributed by atoms with Crippen molar-refractivity contribution >= 4 is 0 Å². The number of nitriles is 1. The van der Waals surface area contributed by atoms with E-state index in [1.165, 1.54) is 0 Å². The molecule has 0 unspecified atom stereocenters. The molecule has 1 aromatic carbocycles. The van der Waals surface area contributed by atoms with E-state index in [0.717, 1.165) is 5.75 Å². The van der Waals surface area contributed by atoms with E-state index < -0.39 is 0 Å². The lowest BCUT2D eigenvalue weighted by Crippen LogP contribution is -2.17. The first-order valence-corrected chi connectivity index (χ1v) is 5.76. The quantitative estimate of drug-likeness (QED) is 0.800. The van der Waals surface area contributed by atoms with Crippen LogP contribution in [0.4, 0.5) is 0 Å². The average Bonchev–Trinajstić information content (AvgIpc) is 2.26. The third-order valence-electron chi connectivity index (χ3n) is 2.05. The van der Waals surface area contributed by atoms with Gasteiger partial charge >= 0.3 is 0 Å². The number of rotatable bonds is 4. The van der Waals surface area contributed by atoms with Crippen molar-refractivity contribution in [3.05, 3.63) is 23.8 Å². The third kappa shape index (κ3) is 4.36. The van der Waals surface area contributed by atoms with Crippen molar-refractivity contribution in [1.29, 1.82) is 5.26 Å². The molecule has 0 heterocycles. The lowest BCUT2D eigenvalue weighted by atomic mass is 9.98. The van der Waals surface area contributed by atoms with Crippen LogP contribution in [0.15, 0.2) is 18.2 Å². The maximum atomic E-state index is 9.00. The summed E-state index contributed by atoms with van der Waals surface area (Å²) in [5.41, 5.74) is 0.603. The third-order valence-corrected chi connectivity index (χ3v) is 2.05. The van der Waals surface area contributed by atoms with Gasteiger partial charge in [0.05, 0.1) is 18.8 Å². The van der Waals surface area contributed by atoms with Crippen LogP contribution in [0.25, 0.3) is 0 Å². The first-order chi connectivity index (χ1) is 7.96. The zero-order valence-corrected chi connectivity index (χ0v) is 10.9. The van der Waals surface area contributed by atoms with Crippen molar-refractivity contribution in [3.8, 4) is 17.6 Å². The molecule has 3 nitrogen and oxygen atoms in total. The van der Waals surface area contributed by atoms with Gasteiger partial charge in [-0.2, -0.15) is 5.26 Å². The van der Waals surface area contributed by atoms with E-state index >= 15 is 0 Å². The van der Waals surface area contributed by atoms with Gasteiger partial charge in [0, 0.05) is 6.07 Å². The van der Waals surface area contributed by atoms with Gasteiger partial charge in [-0.3, -0.25) is 0 Å². The summed E-state index contributed by atoms with van der Waals surface area (Å²) in [5, 5.41) is 9.00. The molecule has 92 valence electrons. The standard InChI is InChI=1S/C14H19NO2/c1-5-16-12-7-6-11(9-15)13(8-12)17-10-14(2,3)4/h6-8H,5,10H2,1-4H3. The summed E-state index contributed by atoms with van der Waals surface area (Å²) in [5.74, 6) is 1.32. The fraction of sp³-hybridized carbons (Fsp3) is 0.500. The smallest absolute Gasteiger partial charge is 0.140 e. The summed E-state index contributed by atoms with van der Waals surface area (Å²) in [6.45, 7) is 9.36. The van der Waals surface area contributed by atoms with Crippen molar-refractivity contribution in [2.45, 2.75) is 27.7 Å². The van der Waals surface area contributed by atoms with Crippen LogP contribution in [0.2, 0.25) is 0 Å². The molecule has 3 heteroatoms. The highest BCUT2D eigenvalue weighted by atomic mass is 16.5. The molecule has 0 N–H and O–H groups in total. The Bertz CT molecular complexity index is 413. The number of nitrogens with zero attached hydrogens (tertiary/aromatic N) is 1. The Morgan fingerprint density at radius 3 is 2.47 bits per heavy atom. The monoisotopic (exact) mass is 233 g/mol. The highest BCUT2D eigenvalue weighted by molar-refractivity contribution is 5.47. The highest BCUT2D eigenvalue weighted by Crippen LogP contribution is 2.26. The van der Waals surface area contributed by atoms with Crippen LogP contribution in [0.3, 0.4) is 0 Å². The second kappa shape index (κ2) is 5.58. The van der Waals surface area contributed by atoms with E-state index in [2.05, 4.69) is 26.8 Å². The van der Waals surface area contributed by atoms with E-state index in [9.17, 15) is 0 Å². The second-order valence-electron chi connectivity index (χ2n) is 5.05. The Labute approximate surface area is 103 Å². The van der Waals surface area contributed by atoms with Crippen molar-refractivity contribution in [1.82, 2.24) is 0 Å². The van der Waals surface area contributed by atoms with E-state index in [1.54, 1.807) is 18.2 Å². The van der Waals surface area contributed by atoms with Crippen LogP contribution in [0.5, 0.6) is 11.5 Å². The summed E-state index contributed by atoms with van der Waals surface area (Å²) in [4.78, 5) is 0. The molecule has 0 fully saturated rings. The predicted octanol–water partition coefficient (Wildman–Crippen LogP) is 3.38. The van der Waals surface area contributed by atoms with E-state index in [-0.39, 0.29) is 5.41 Å². The molecule has 0 aliphatic carbocycles. The van der Waals surface area contributed by atoms with Crippen LogP contribution < -0.4 is 9.47 Å². The zero-order chi connectivity index (χ0) is 12.9. The Morgan fingerprint density at radius 2 is 1.94 bits per heavy atom. The predicted molar refractivity (Wildman–Crippen MR) is 67.3 cm³/mol. The molecule has 0 aromatic heterocycles. The first-order valence-electron chi connectivity index (χ1n) is 5.76. The summed E-state index contributed by atoms with van der Waals surface area (Å²) >= 11 is 0. The minimum Gasteiger partial charge on any atom is -0.494 e. The maximum Gasteiger partial charge on any atom is 0.140 e. The average molecular weight is 233 g/mol. The molecule has 0 spiro atoms.